The van der Waals surface area contributed by atoms with Crippen LogP contribution in [0.4, 0.5) is 5.69 Å². The minimum absolute atomic E-state index is 0.240. The molecule has 19 heavy (non-hydrogen) atoms. The molecule has 0 aromatic heterocycles. The molecule has 0 aliphatic heterocycles. The highest BCUT2D eigenvalue weighted by atomic mass is 16.4. The van der Waals surface area contributed by atoms with Crippen LogP contribution >= 0.6 is 0 Å². The molecule has 2 fully saturated rings. The second-order valence-electron chi connectivity index (χ2n) is 5.52. The van der Waals surface area contributed by atoms with E-state index in [0.29, 0.717) is 11.8 Å². The maximum absolute atomic E-state index is 9.36. The van der Waals surface area contributed by atoms with Gasteiger partial charge in [-0.2, -0.15) is 0 Å². The van der Waals surface area contributed by atoms with Crippen LogP contribution in [-0.2, 0) is 0 Å². The topological polar surface area (TPSA) is 35.8 Å². The van der Waals surface area contributed by atoms with Gasteiger partial charge in [0.05, 0.1) is 11.8 Å². The molecule has 3 atom stereocenters. The highest BCUT2D eigenvalue weighted by Crippen LogP contribution is 2.45. The largest absolute Gasteiger partial charge is 0.411 e. The Morgan fingerprint density at radius 2 is 2.11 bits per heavy atom. The number of benzene rings is 1. The first-order valence-corrected chi connectivity index (χ1v) is 6.99. The molecule has 2 aliphatic carbocycles. The van der Waals surface area contributed by atoms with Crippen LogP contribution in [-0.4, -0.2) is 23.5 Å². The Labute approximate surface area is 114 Å². The molecular formula is C16H20N2O. The van der Waals surface area contributed by atoms with Crippen molar-refractivity contribution in [2.75, 3.05) is 11.4 Å². The summed E-state index contributed by atoms with van der Waals surface area (Å²) in [7, 11) is 0. The Hall–Kier alpha value is -1.77. The highest BCUT2D eigenvalue weighted by Gasteiger charge is 2.48. The fourth-order valence-corrected chi connectivity index (χ4v) is 3.75. The number of hydrogen-bond acceptors (Lipinski definition) is 3. The second kappa shape index (κ2) is 5.08. The van der Waals surface area contributed by atoms with Gasteiger partial charge in [-0.3, -0.25) is 0 Å². The van der Waals surface area contributed by atoms with Gasteiger partial charge in [0.25, 0.3) is 0 Å². The molecule has 1 aromatic carbocycles. The lowest BCUT2D eigenvalue weighted by Crippen LogP contribution is -2.45. The zero-order valence-electron chi connectivity index (χ0n) is 11.1. The van der Waals surface area contributed by atoms with Crippen molar-refractivity contribution in [3.63, 3.8) is 0 Å². The zero-order valence-corrected chi connectivity index (χ0v) is 11.1. The van der Waals surface area contributed by atoms with E-state index in [1.54, 1.807) is 0 Å². The Morgan fingerprint density at radius 3 is 2.79 bits per heavy atom. The van der Waals surface area contributed by atoms with Crippen molar-refractivity contribution in [2.45, 2.75) is 25.3 Å². The summed E-state index contributed by atoms with van der Waals surface area (Å²) >= 11 is 0. The Balaban J connectivity index is 1.94. The molecule has 0 saturated heterocycles. The number of nitrogens with zero attached hydrogens (tertiary/aromatic N) is 2. The molecule has 2 saturated carbocycles. The predicted molar refractivity (Wildman–Crippen MR) is 77.8 cm³/mol. The molecule has 2 bridgehead atoms. The van der Waals surface area contributed by atoms with Crippen LogP contribution in [0, 0.1) is 11.8 Å². The summed E-state index contributed by atoms with van der Waals surface area (Å²) in [5, 5.41) is 13.0. The van der Waals surface area contributed by atoms with Crippen molar-refractivity contribution in [1.29, 1.82) is 0 Å². The van der Waals surface area contributed by atoms with Crippen molar-refractivity contribution in [3.05, 3.63) is 43.0 Å². The number of fused-ring (bicyclic) bond motifs is 2. The predicted octanol–water partition coefficient (Wildman–Crippen LogP) is 3.31. The molecule has 3 rings (SSSR count). The van der Waals surface area contributed by atoms with Crippen molar-refractivity contribution < 1.29 is 5.21 Å². The molecule has 1 N–H and O–H groups in total. The minimum Gasteiger partial charge on any atom is -0.411 e. The van der Waals surface area contributed by atoms with Crippen LogP contribution in [0.5, 0.6) is 0 Å². The fourth-order valence-electron chi connectivity index (χ4n) is 3.75. The Morgan fingerprint density at radius 1 is 1.32 bits per heavy atom. The van der Waals surface area contributed by atoms with E-state index in [9.17, 15) is 5.21 Å². The van der Waals surface area contributed by atoms with Crippen molar-refractivity contribution in [3.8, 4) is 0 Å². The normalized spacial score (nSPS) is 30.7. The Bertz CT molecular complexity index is 483. The van der Waals surface area contributed by atoms with E-state index in [4.69, 9.17) is 0 Å². The highest BCUT2D eigenvalue weighted by molar-refractivity contribution is 5.97. The monoisotopic (exact) mass is 256 g/mol. The number of hydrogen-bond donors (Lipinski definition) is 1. The van der Waals surface area contributed by atoms with Gasteiger partial charge in [0.1, 0.15) is 0 Å². The van der Waals surface area contributed by atoms with Gasteiger partial charge in [-0.25, -0.2) is 0 Å². The number of rotatable bonds is 4. The second-order valence-corrected chi connectivity index (χ2v) is 5.52. The molecule has 0 amide bonds. The molecule has 1 aromatic rings. The van der Waals surface area contributed by atoms with E-state index >= 15 is 0 Å². The molecule has 100 valence electrons. The van der Waals surface area contributed by atoms with E-state index in [1.165, 1.54) is 24.9 Å². The standard InChI is InChI=1S/C16H20N2O/c1-2-10-18(14-6-4-3-5-7-14)16-13-9-8-12(11-13)15(16)17-19/h2-7,12-13,16,19H,1,8-11H2. The summed E-state index contributed by atoms with van der Waals surface area (Å²) in [5.74, 6) is 1.10. The van der Waals surface area contributed by atoms with Gasteiger partial charge < -0.3 is 10.1 Å². The van der Waals surface area contributed by atoms with E-state index in [0.717, 1.165) is 12.3 Å². The van der Waals surface area contributed by atoms with E-state index in [-0.39, 0.29) is 6.04 Å². The summed E-state index contributed by atoms with van der Waals surface area (Å²) in [6.45, 7) is 4.65. The summed E-state index contributed by atoms with van der Waals surface area (Å²) in [6, 6.07) is 10.6. The lowest BCUT2D eigenvalue weighted by Gasteiger charge is -2.36. The number of para-hydroxylation sites is 1. The van der Waals surface area contributed by atoms with E-state index < -0.39 is 0 Å². The minimum atomic E-state index is 0.240. The molecule has 0 heterocycles. The molecule has 0 radical (unpaired) electrons. The van der Waals surface area contributed by atoms with Crippen LogP contribution in [0.25, 0.3) is 0 Å². The molecule has 2 aliphatic rings. The SMILES string of the molecule is C=CCN(c1ccccc1)C1C(=NO)C2CCC1C2. The van der Waals surface area contributed by atoms with Crippen LogP contribution in [0.2, 0.25) is 0 Å². The average molecular weight is 256 g/mol. The first kappa shape index (κ1) is 12.3. The van der Waals surface area contributed by atoms with Crippen molar-refractivity contribution in [2.24, 2.45) is 17.0 Å². The molecule has 3 heteroatoms. The summed E-state index contributed by atoms with van der Waals surface area (Å²) in [6.07, 6.45) is 5.52. The number of oxime groups is 1. The zero-order chi connectivity index (χ0) is 13.2. The van der Waals surface area contributed by atoms with E-state index in [1.807, 2.05) is 24.3 Å². The number of anilines is 1. The summed E-state index contributed by atoms with van der Waals surface area (Å²) in [5.41, 5.74) is 2.16. The first-order valence-electron chi connectivity index (χ1n) is 6.99. The lowest BCUT2D eigenvalue weighted by molar-refractivity contribution is 0.311. The molecule has 0 spiro atoms. The van der Waals surface area contributed by atoms with Crippen LogP contribution in [0.15, 0.2) is 48.1 Å². The summed E-state index contributed by atoms with van der Waals surface area (Å²) in [4.78, 5) is 2.33. The summed E-state index contributed by atoms with van der Waals surface area (Å²) < 4.78 is 0. The third-order valence-electron chi connectivity index (χ3n) is 4.51. The third-order valence-corrected chi connectivity index (χ3v) is 4.51. The lowest BCUT2D eigenvalue weighted by atomic mass is 9.91. The van der Waals surface area contributed by atoms with Gasteiger partial charge in [-0.15, -0.1) is 6.58 Å². The third kappa shape index (κ3) is 2.03. The van der Waals surface area contributed by atoms with Crippen molar-refractivity contribution in [1.82, 2.24) is 0 Å². The van der Waals surface area contributed by atoms with Crippen molar-refractivity contribution >= 4 is 11.4 Å². The van der Waals surface area contributed by atoms with E-state index in [2.05, 4.69) is 28.8 Å². The van der Waals surface area contributed by atoms with Crippen LogP contribution < -0.4 is 4.90 Å². The van der Waals surface area contributed by atoms with Gasteiger partial charge >= 0.3 is 0 Å². The maximum Gasteiger partial charge on any atom is 0.0828 e. The first-order chi connectivity index (χ1) is 9.35. The molecular weight excluding hydrogens is 236 g/mol. The van der Waals surface area contributed by atoms with Gasteiger partial charge in [0.15, 0.2) is 0 Å². The molecule has 3 nitrogen and oxygen atoms in total. The van der Waals surface area contributed by atoms with Gasteiger partial charge in [-0.1, -0.05) is 29.4 Å². The van der Waals surface area contributed by atoms with Crippen LogP contribution in [0.1, 0.15) is 19.3 Å². The quantitative estimate of drug-likeness (QED) is 0.509. The van der Waals surface area contributed by atoms with Gasteiger partial charge in [0.2, 0.25) is 0 Å². The van der Waals surface area contributed by atoms with Gasteiger partial charge in [-0.05, 0) is 37.3 Å². The average Bonchev–Trinajstić information content (AvgIpc) is 3.06. The fraction of sp³-hybridized carbons (Fsp3) is 0.438. The smallest absolute Gasteiger partial charge is 0.0828 e. The Kier molecular flexibility index (Phi) is 3.28. The molecule has 3 unspecified atom stereocenters. The van der Waals surface area contributed by atoms with Crippen LogP contribution in [0.3, 0.4) is 0 Å². The maximum atomic E-state index is 9.36. The van der Waals surface area contributed by atoms with Gasteiger partial charge in [0, 0.05) is 18.2 Å².